The molecule has 2 heteroatoms. The van der Waals surface area contributed by atoms with Gasteiger partial charge in [0.1, 0.15) is 6.29 Å². The van der Waals surface area contributed by atoms with Gasteiger partial charge in [0.25, 0.3) is 0 Å². The summed E-state index contributed by atoms with van der Waals surface area (Å²) in [7, 11) is 0. The molecule has 1 aromatic carbocycles. The Morgan fingerprint density at radius 3 is 2.93 bits per heavy atom. The Labute approximate surface area is 90.7 Å². The molecular formula is C13H17NO. The van der Waals surface area contributed by atoms with E-state index in [0.29, 0.717) is 12.0 Å². The number of rotatable bonds is 2. The van der Waals surface area contributed by atoms with E-state index in [1.807, 2.05) is 18.2 Å². The lowest BCUT2D eigenvalue weighted by atomic mass is 9.85. The van der Waals surface area contributed by atoms with Crippen molar-refractivity contribution in [3.8, 4) is 0 Å². The summed E-state index contributed by atoms with van der Waals surface area (Å²) in [6.45, 7) is 3.26. The highest BCUT2D eigenvalue weighted by molar-refractivity contribution is 5.77. The van der Waals surface area contributed by atoms with Crippen molar-refractivity contribution in [1.82, 2.24) is 5.32 Å². The molecule has 0 bridgehead atoms. The van der Waals surface area contributed by atoms with Gasteiger partial charge in [-0.1, -0.05) is 24.3 Å². The zero-order valence-corrected chi connectivity index (χ0v) is 9.07. The molecule has 1 saturated heterocycles. The lowest BCUT2D eigenvalue weighted by molar-refractivity contribution is 0.112. The van der Waals surface area contributed by atoms with Crippen molar-refractivity contribution in [3.63, 3.8) is 0 Å². The van der Waals surface area contributed by atoms with E-state index in [1.165, 1.54) is 5.56 Å². The zero-order valence-electron chi connectivity index (χ0n) is 9.07. The van der Waals surface area contributed by atoms with Crippen LogP contribution in [0.3, 0.4) is 0 Å². The molecule has 15 heavy (non-hydrogen) atoms. The SMILES string of the molecule is CC1CC(c2ccccc2C=O)CCN1. The number of aldehydes is 1. The van der Waals surface area contributed by atoms with Crippen molar-refractivity contribution in [2.45, 2.75) is 31.7 Å². The Morgan fingerprint density at radius 2 is 2.20 bits per heavy atom. The van der Waals surface area contributed by atoms with Gasteiger partial charge in [0, 0.05) is 11.6 Å². The van der Waals surface area contributed by atoms with Crippen molar-refractivity contribution in [3.05, 3.63) is 35.4 Å². The monoisotopic (exact) mass is 203 g/mol. The summed E-state index contributed by atoms with van der Waals surface area (Å²) in [5, 5.41) is 3.43. The van der Waals surface area contributed by atoms with Crippen molar-refractivity contribution < 1.29 is 4.79 Å². The molecular weight excluding hydrogens is 186 g/mol. The van der Waals surface area contributed by atoms with Crippen molar-refractivity contribution in [2.24, 2.45) is 0 Å². The van der Waals surface area contributed by atoms with E-state index in [9.17, 15) is 4.79 Å². The molecule has 0 aromatic heterocycles. The van der Waals surface area contributed by atoms with Gasteiger partial charge in [0.05, 0.1) is 0 Å². The van der Waals surface area contributed by atoms with Gasteiger partial charge in [-0.05, 0) is 37.8 Å². The molecule has 1 aromatic rings. The minimum atomic E-state index is 0.544. The highest BCUT2D eigenvalue weighted by Gasteiger charge is 2.21. The summed E-state index contributed by atoms with van der Waals surface area (Å²) in [6.07, 6.45) is 3.24. The molecule has 2 atom stereocenters. The molecule has 1 aliphatic heterocycles. The summed E-state index contributed by atoms with van der Waals surface area (Å²) >= 11 is 0. The van der Waals surface area contributed by atoms with Crippen LogP contribution < -0.4 is 5.32 Å². The molecule has 1 fully saturated rings. The third-order valence-electron chi connectivity index (χ3n) is 3.19. The van der Waals surface area contributed by atoms with Crippen LogP contribution in [0.25, 0.3) is 0 Å². The quantitative estimate of drug-likeness (QED) is 0.747. The van der Waals surface area contributed by atoms with Crippen LogP contribution in [0.1, 0.15) is 41.6 Å². The van der Waals surface area contributed by atoms with Gasteiger partial charge in [0.15, 0.2) is 0 Å². The Kier molecular flexibility index (Phi) is 3.17. The molecule has 0 aliphatic carbocycles. The maximum atomic E-state index is 10.9. The van der Waals surface area contributed by atoms with E-state index in [2.05, 4.69) is 18.3 Å². The van der Waals surface area contributed by atoms with Crippen LogP contribution >= 0.6 is 0 Å². The van der Waals surface area contributed by atoms with E-state index in [4.69, 9.17) is 0 Å². The molecule has 0 spiro atoms. The fourth-order valence-corrected chi connectivity index (χ4v) is 2.40. The largest absolute Gasteiger partial charge is 0.314 e. The van der Waals surface area contributed by atoms with E-state index < -0.39 is 0 Å². The lowest BCUT2D eigenvalue weighted by Crippen LogP contribution is -2.35. The van der Waals surface area contributed by atoms with Crippen LogP contribution in [0.4, 0.5) is 0 Å². The first-order valence-corrected chi connectivity index (χ1v) is 5.58. The molecule has 80 valence electrons. The molecule has 1 aliphatic rings. The third-order valence-corrected chi connectivity index (χ3v) is 3.19. The van der Waals surface area contributed by atoms with Crippen LogP contribution in [0, 0.1) is 0 Å². The Bertz CT molecular complexity index is 348. The number of nitrogens with one attached hydrogen (secondary N) is 1. The topological polar surface area (TPSA) is 29.1 Å². The average Bonchev–Trinajstić information content (AvgIpc) is 2.29. The minimum absolute atomic E-state index is 0.544. The van der Waals surface area contributed by atoms with Gasteiger partial charge >= 0.3 is 0 Å². The van der Waals surface area contributed by atoms with Crippen LogP contribution in [0.5, 0.6) is 0 Å². The van der Waals surface area contributed by atoms with E-state index in [0.717, 1.165) is 31.2 Å². The van der Waals surface area contributed by atoms with Crippen molar-refractivity contribution >= 4 is 6.29 Å². The summed E-state index contributed by atoms with van der Waals surface area (Å²) < 4.78 is 0. The van der Waals surface area contributed by atoms with Crippen LogP contribution in [-0.4, -0.2) is 18.9 Å². The Morgan fingerprint density at radius 1 is 1.40 bits per heavy atom. The highest BCUT2D eigenvalue weighted by Crippen LogP contribution is 2.29. The molecule has 0 amide bonds. The Hall–Kier alpha value is -1.15. The third kappa shape index (κ3) is 2.26. The first kappa shape index (κ1) is 10.4. The fourth-order valence-electron chi connectivity index (χ4n) is 2.40. The Balaban J connectivity index is 2.24. The van der Waals surface area contributed by atoms with E-state index in [1.54, 1.807) is 0 Å². The normalized spacial score (nSPS) is 26.2. The second-order valence-corrected chi connectivity index (χ2v) is 4.32. The number of piperidine rings is 1. The molecule has 2 unspecified atom stereocenters. The minimum Gasteiger partial charge on any atom is -0.314 e. The molecule has 2 nitrogen and oxygen atoms in total. The molecule has 0 saturated carbocycles. The number of carbonyl (C=O) groups is 1. The summed E-state index contributed by atoms with van der Waals surface area (Å²) in [6, 6.07) is 8.51. The fraction of sp³-hybridized carbons (Fsp3) is 0.462. The van der Waals surface area contributed by atoms with Crippen LogP contribution in [0.15, 0.2) is 24.3 Å². The lowest BCUT2D eigenvalue weighted by Gasteiger charge is -2.29. The van der Waals surface area contributed by atoms with Crippen LogP contribution in [0.2, 0.25) is 0 Å². The average molecular weight is 203 g/mol. The molecule has 2 rings (SSSR count). The first-order valence-electron chi connectivity index (χ1n) is 5.58. The summed E-state index contributed by atoms with van der Waals surface area (Å²) in [5.74, 6) is 0.544. The van der Waals surface area contributed by atoms with E-state index in [-0.39, 0.29) is 0 Å². The van der Waals surface area contributed by atoms with Crippen molar-refractivity contribution in [1.29, 1.82) is 0 Å². The van der Waals surface area contributed by atoms with Gasteiger partial charge < -0.3 is 5.32 Å². The van der Waals surface area contributed by atoms with Gasteiger partial charge in [-0.2, -0.15) is 0 Å². The van der Waals surface area contributed by atoms with Crippen LogP contribution in [-0.2, 0) is 0 Å². The maximum Gasteiger partial charge on any atom is 0.150 e. The van der Waals surface area contributed by atoms with Gasteiger partial charge in [-0.25, -0.2) is 0 Å². The summed E-state index contributed by atoms with van der Waals surface area (Å²) in [5.41, 5.74) is 2.08. The summed E-state index contributed by atoms with van der Waals surface area (Å²) in [4.78, 5) is 10.9. The van der Waals surface area contributed by atoms with Gasteiger partial charge in [-0.3, -0.25) is 4.79 Å². The van der Waals surface area contributed by atoms with Gasteiger partial charge in [-0.15, -0.1) is 0 Å². The molecule has 0 radical (unpaired) electrons. The zero-order chi connectivity index (χ0) is 10.7. The molecule has 1 N–H and O–H groups in total. The van der Waals surface area contributed by atoms with Gasteiger partial charge in [0.2, 0.25) is 0 Å². The second kappa shape index (κ2) is 4.58. The smallest absolute Gasteiger partial charge is 0.150 e. The van der Waals surface area contributed by atoms with E-state index >= 15 is 0 Å². The highest BCUT2D eigenvalue weighted by atomic mass is 16.1. The van der Waals surface area contributed by atoms with Crippen molar-refractivity contribution in [2.75, 3.05) is 6.54 Å². The number of benzene rings is 1. The predicted octanol–water partition coefficient (Wildman–Crippen LogP) is 2.35. The maximum absolute atomic E-state index is 10.9. The number of hydrogen-bond donors (Lipinski definition) is 1. The standard InChI is InChI=1S/C13H17NO/c1-10-8-11(6-7-14-10)13-5-3-2-4-12(13)9-15/h2-5,9-11,14H,6-8H2,1H3. The number of carbonyl (C=O) groups excluding carboxylic acids is 1. The second-order valence-electron chi connectivity index (χ2n) is 4.32. The predicted molar refractivity (Wildman–Crippen MR) is 61.3 cm³/mol. The first-order chi connectivity index (χ1) is 7.31. The molecule has 1 heterocycles. The number of hydrogen-bond acceptors (Lipinski definition) is 2.